The molecule has 13 N–H and O–H groups in total. The fourth-order valence-corrected chi connectivity index (χ4v) is 8.39. The molecule has 0 unspecified atom stereocenters. The van der Waals surface area contributed by atoms with Crippen molar-refractivity contribution in [1.29, 1.82) is 5.41 Å². The number of phenols is 1. The lowest BCUT2D eigenvalue weighted by molar-refractivity contribution is -0.146. The number of carbonyl (C=O) groups is 8. The molecule has 7 atom stereocenters. The quantitative estimate of drug-likeness (QED) is 0.0208. The van der Waals surface area contributed by atoms with E-state index in [-0.39, 0.29) is 88.5 Å². The van der Waals surface area contributed by atoms with Crippen LogP contribution in [0.4, 0.5) is 4.79 Å². The lowest BCUT2D eigenvalue weighted by atomic mass is 9.98. The van der Waals surface area contributed by atoms with E-state index in [1.165, 1.54) is 48.0 Å². The van der Waals surface area contributed by atoms with Crippen molar-refractivity contribution in [3.63, 3.8) is 0 Å². The number of nitrogens with two attached hydrogens (primary N) is 1. The number of amides is 7. The van der Waals surface area contributed by atoms with Crippen LogP contribution in [0.5, 0.6) is 5.75 Å². The minimum Gasteiger partial charge on any atom is -0.508 e. The first-order chi connectivity index (χ1) is 36.5. The smallest absolute Gasteiger partial charge is 0.408 e. The van der Waals surface area contributed by atoms with E-state index in [9.17, 15) is 48.6 Å². The molecule has 7 amide bonds. The SMILES string of the molecule is CC[C@H](C)[C@H](NC(=O)[C@@H]1CCCN1C(=O)[C@H](Cc1c[nH]cn1)NC(=O)[C@H](CCCCNC(=O)[C@H](CCCNC(=N)N)NC(=O)OCc1ccccc1)NC(=O)[C@H](Cc1ccc(O)cc1)NC(=O)c1cccnc1)C(=O)O. The van der Waals surface area contributed by atoms with Crippen LogP contribution < -0.4 is 43.0 Å². The van der Waals surface area contributed by atoms with E-state index in [1.54, 1.807) is 56.3 Å². The summed E-state index contributed by atoms with van der Waals surface area (Å²) in [7, 11) is 0. The van der Waals surface area contributed by atoms with Gasteiger partial charge >= 0.3 is 12.1 Å². The molecule has 76 heavy (non-hydrogen) atoms. The Labute approximate surface area is 440 Å². The molecule has 0 radical (unpaired) electrons. The van der Waals surface area contributed by atoms with Crippen LogP contribution in [0.3, 0.4) is 0 Å². The third kappa shape index (κ3) is 18.7. The number of rotatable bonds is 29. The van der Waals surface area contributed by atoms with Crippen molar-refractivity contribution in [3.8, 4) is 5.75 Å². The largest absolute Gasteiger partial charge is 0.508 e. The number of benzene rings is 2. The highest BCUT2D eigenvalue weighted by Gasteiger charge is 2.40. The third-order valence-electron chi connectivity index (χ3n) is 12.8. The number of nitrogens with one attached hydrogen (secondary N) is 9. The first-order valence-electron chi connectivity index (χ1n) is 25.3. The van der Waals surface area contributed by atoms with E-state index < -0.39 is 89.7 Å². The number of phenolic OH excluding ortho intramolecular Hbond substituents is 1. The van der Waals surface area contributed by atoms with Crippen molar-refractivity contribution in [1.82, 2.24) is 57.1 Å². The Morgan fingerprint density at radius 3 is 2.17 bits per heavy atom. The first kappa shape index (κ1) is 58.3. The molecule has 1 fully saturated rings. The van der Waals surface area contributed by atoms with Crippen LogP contribution in [0.25, 0.3) is 0 Å². The number of carboxylic acid groups (broad SMARTS) is 1. The van der Waals surface area contributed by atoms with Gasteiger partial charge in [0.2, 0.25) is 29.5 Å². The molecular formula is C52H69N13O11. The highest BCUT2D eigenvalue weighted by atomic mass is 16.5. The van der Waals surface area contributed by atoms with E-state index >= 15 is 0 Å². The molecule has 0 bridgehead atoms. The summed E-state index contributed by atoms with van der Waals surface area (Å²) in [6.45, 7) is 3.91. The number of likely N-dealkylation sites (tertiary alicyclic amines) is 1. The molecule has 0 saturated carbocycles. The number of aromatic amines is 1. The molecule has 5 rings (SSSR count). The van der Waals surface area contributed by atoms with Crippen LogP contribution in [0.2, 0.25) is 0 Å². The summed E-state index contributed by atoms with van der Waals surface area (Å²) < 4.78 is 5.35. The van der Waals surface area contributed by atoms with Gasteiger partial charge in [-0.25, -0.2) is 14.6 Å². The van der Waals surface area contributed by atoms with Gasteiger partial charge in [0.05, 0.1) is 17.6 Å². The second-order valence-electron chi connectivity index (χ2n) is 18.5. The molecule has 2 aromatic carbocycles. The number of carbonyl (C=O) groups excluding carboxylic acids is 7. The van der Waals surface area contributed by atoms with Crippen molar-refractivity contribution in [2.24, 2.45) is 11.7 Å². The zero-order chi connectivity index (χ0) is 55.0. The van der Waals surface area contributed by atoms with Crippen molar-refractivity contribution in [2.45, 2.75) is 121 Å². The standard InChI is InChI=1S/C52H69N13O11/c1-3-32(2)43(50(73)74)64-48(71)42-17-11-25-65(42)49(72)41(27-36-29-56-31-59-36)62-46(69)39(60-47(70)40(26-33-18-20-37(66)21-19-33)61-44(67)35-14-9-22-55-28-35)15-7-8-23-57-45(68)38(16-10-24-58-51(53)54)63-52(75)76-30-34-12-5-4-6-13-34/h4-6,9,12-14,18-22,28-29,31-32,38-43,66H,3,7-8,10-11,15-17,23-27,30H2,1-2H3,(H,56,59)(H,57,68)(H,60,70)(H,61,67)(H,62,69)(H,63,75)(H,64,71)(H,73,74)(H4,53,54,58)/t32-,38-,39-,40-,41-,42-,43-/m0/s1. The van der Waals surface area contributed by atoms with Crippen LogP contribution in [0.1, 0.15) is 92.4 Å². The molecular weight excluding hydrogens is 983 g/mol. The van der Waals surface area contributed by atoms with Crippen LogP contribution in [-0.4, -0.2) is 139 Å². The van der Waals surface area contributed by atoms with Gasteiger partial charge in [0.25, 0.3) is 5.91 Å². The second-order valence-corrected chi connectivity index (χ2v) is 18.5. The molecule has 3 heterocycles. The number of carboxylic acids is 1. The van der Waals surface area contributed by atoms with Gasteiger partial charge in [0, 0.05) is 51.1 Å². The van der Waals surface area contributed by atoms with Gasteiger partial charge in [-0.3, -0.25) is 39.2 Å². The second kappa shape index (κ2) is 30.0. The number of aromatic hydroxyl groups is 1. The molecule has 408 valence electrons. The van der Waals surface area contributed by atoms with Gasteiger partial charge in [-0.2, -0.15) is 0 Å². The van der Waals surface area contributed by atoms with Crippen molar-refractivity contribution >= 4 is 53.5 Å². The number of guanidine groups is 1. The Bertz CT molecular complexity index is 2550. The monoisotopic (exact) mass is 1050 g/mol. The zero-order valence-electron chi connectivity index (χ0n) is 42.6. The maximum atomic E-state index is 14.7. The number of aromatic nitrogens is 3. The van der Waals surface area contributed by atoms with Gasteiger partial charge in [0.15, 0.2) is 5.96 Å². The summed E-state index contributed by atoms with van der Waals surface area (Å²) in [5.41, 5.74) is 7.25. The number of hydrogen-bond acceptors (Lipinski definition) is 13. The van der Waals surface area contributed by atoms with E-state index in [0.29, 0.717) is 30.5 Å². The van der Waals surface area contributed by atoms with Crippen molar-refractivity contribution in [2.75, 3.05) is 19.6 Å². The maximum Gasteiger partial charge on any atom is 0.408 e. The van der Waals surface area contributed by atoms with Crippen molar-refractivity contribution < 1.29 is 53.3 Å². The fourth-order valence-electron chi connectivity index (χ4n) is 8.39. The molecule has 1 saturated heterocycles. The van der Waals surface area contributed by atoms with Gasteiger partial charge in [-0.1, -0.05) is 62.7 Å². The fraction of sp³-hybridized carbons (Fsp3) is 0.442. The average Bonchev–Trinajstić information content (AvgIpc) is 4.13. The third-order valence-corrected chi connectivity index (χ3v) is 12.8. The van der Waals surface area contributed by atoms with E-state index in [2.05, 4.69) is 52.2 Å². The molecule has 0 aliphatic carbocycles. The summed E-state index contributed by atoms with van der Waals surface area (Å²) in [5.74, 6) is -5.93. The number of alkyl carbamates (subject to hydrolysis) is 1. The minimum atomic E-state index is -1.36. The summed E-state index contributed by atoms with van der Waals surface area (Å²) in [6, 6.07) is 10.8. The molecule has 24 nitrogen and oxygen atoms in total. The highest BCUT2D eigenvalue weighted by molar-refractivity contribution is 5.99. The first-order valence-corrected chi connectivity index (χ1v) is 25.3. The van der Waals surface area contributed by atoms with Crippen LogP contribution in [0.15, 0.2) is 91.6 Å². The minimum absolute atomic E-state index is 0.0254. The van der Waals surface area contributed by atoms with E-state index in [1.807, 2.05) is 6.07 Å². The molecule has 24 heteroatoms. The van der Waals surface area contributed by atoms with Crippen LogP contribution >= 0.6 is 0 Å². The molecule has 0 spiro atoms. The summed E-state index contributed by atoms with van der Waals surface area (Å²) in [4.78, 5) is 122. The number of hydrogen-bond donors (Lipinski definition) is 12. The van der Waals surface area contributed by atoms with Gasteiger partial charge in [-0.05, 0) is 86.3 Å². The summed E-state index contributed by atoms with van der Waals surface area (Å²) in [6.07, 6.45) is 6.74. The Balaban J connectivity index is 1.35. The van der Waals surface area contributed by atoms with E-state index in [0.717, 1.165) is 5.56 Å². The van der Waals surface area contributed by atoms with Crippen LogP contribution in [0, 0.1) is 11.3 Å². The molecule has 2 aromatic heterocycles. The molecule has 1 aliphatic heterocycles. The number of aliphatic carboxylic acids is 1. The predicted octanol–water partition coefficient (Wildman–Crippen LogP) is 1.51. The summed E-state index contributed by atoms with van der Waals surface area (Å²) >= 11 is 0. The Morgan fingerprint density at radius 1 is 0.803 bits per heavy atom. The zero-order valence-corrected chi connectivity index (χ0v) is 42.6. The van der Waals surface area contributed by atoms with Gasteiger partial charge in [0.1, 0.15) is 48.6 Å². The number of H-pyrrole nitrogens is 1. The van der Waals surface area contributed by atoms with E-state index in [4.69, 9.17) is 15.9 Å². The number of imidazole rings is 1. The summed E-state index contributed by atoms with van der Waals surface area (Å²) in [5, 5.41) is 46.3. The number of pyridine rings is 1. The Hall–Kier alpha value is -8.57. The Morgan fingerprint density at radius 2 is 1.50 bits per heavy atom. The topological polar surface area (TPSA) is 365 Å². The highest BCUT2D eigenvalue weighted by Crippen LogP contribution is 2.21. The maximum absolute atomic E-state index is 14.7. The van der Waals surface area contributed by atoms with Gasteiger partial charge < -0.3 is 67.8 Å². The Kier molecular flexibility index (Phi) is 23.0. The van der Waals surface area contributed by atoms with Crippen LogP contribution in [-0.2, 0) is 53.0 Å². The molecule has 1 aliphatic rings. The number of nitrogens with zero attached hydrogens (tertiary/aromatic N) is 3. The lowest BCUT2D eigenvalue weighted by Gasteiger charge is -2.31. The van der Waals surface area contributed by atoms with Gasteiger partial charge in [-0.15, -0.1) is 0 Å². The number of ether oxygens (including phenoxy) is 1. The number of unbranched alkanes of at least 4 members (excludes halogenated alkanes) is 1. The average molecular weight is 1050 g/mol. The lowest BCUT2D eigenvalue weighted by Crippen LogP contribution is -2.59. The predicted molar refractivity (Wildman–Crippen MR) is 277 cm³/mol. The normalized spacial score (nSPS) is 15.3. The molecule has 4 aromatic rings. The van der Waals surface area contributed by atoms with Crippen molar-refractivity contribution in [3.05, 3.63) is 114 Å².